The van der Waals surface area contributed by atoms with Crippen molar-refractivity contribution in [1.82, 2.24) is 20.9 Å². The first-order valence-corrected chi connectivity index (χ1v) is 9.30. The number of nitrogens with zero attached hydrogens (tertiary/aromatic N) is 1. The van der Waals surface area contributed by atoms with Gasteiger partial charge in [0.15, 0.2) is 0 Å². The van der Waals surface area contributed by atoms with E-state index in [2.05, 4.69) is 45.1 Å². The summed E-state index contributed by atoms with van der Waals surface area (Å²) >= 11 is 0. The van der Waals surface area contributed by atoms with Crippen molar-refractivity contribution in [3.05, 3.63) is 35.9 Å². The van der Waals surface area contributed by atoms with Crippen molar-refractivity contribution in [2.45, 2.75) is 50.7 Å². The number of amides is 3. The Morgan fingerprint density at radius 2 is 1.84 bits per heavy atom. The molecule has 2 fully saturated rings. The van der Waals surface area contributed by atoms with Crippen LogP contribution in [0.3, 0.4) is 0 Å². The van der Waals surface area contributed by atoms with Crippen LogP contribution in [-0.2, 0) is 11.3 Å². The van der Waals surface area contributed by atoms with Crippen molar-refractivity contribution in [3.63, 3.8) is 0 Å². The molecular formula is C19H28N4O2. The summed E-state index contributed by atoms with van der Waals surface area (Å²) < 4.78 is 0. The summed E-state index contributed by atoms with van der Waals surface area (Å²) in [7, 11) is 0. The van der Waals surface area contributed by atoms with Crippen LogP contribution in [0.5, 0.6) is 0 Å². The minimum atomic E-state index is -0.249. The van der Waals surface area contributed by atoms with Crippen molar-refractivity contribution >= 4 is 11.9 Å². The molecule has 3 amide bonds. The molecule has 3 N–H and O–H groups in total. The molecule has 1 heterocycles. The molecule has 1 aliphatic carbocycles. The lowest BCUT2D eigenvalue weighted by Crippen LogP contribution is -2.48. The van der Waals surface area contributed by atoms with Gasteiger partial charge in [-0.1, -0.05) is 36.8 Å². The number of urea groups is 1. The zero-order chi connectivity index (χ0) is 17.5. The zero-order valence-corrected chi connectivity index (χ0v) is 14.7. The van der Waals surface area contributed by atoms with Gasteiger partial charge in [-0.2, -0.15) is 0 Å². The molecule has 1 saturated carbocycles. The highest BCUT2D eigenvalue weighted by Gasteiger charge is 2.24. The maximum atomic E-state index is 12.0. The number of benzene rings is 1. The molecule has 3 rings (SSSR count). The van der Waals surface area contributed by atoms with Gasteiger partial charge in [-0.15, -0.1) is 0 Å². The number of carbonyl (C=O) groups is 2. The summed E-state index contributed by atoms with van der Waals surface area (Å²) in [4.78, 5) is 26.0. The van der Waals surface area contributed by atoms with Crippen molar-refractivity contribution in [3.8, 4) is 0 Å². The SMILES string of the molecule is O=C(CNC(=O)NC1CC1)NC[C@@H]1CCCCN1Cc1ccccc1. The Morgan fingerprint density at radius 1 is 1.04 bits per heavy atom. The first-order chi connectivity index (χ1) is 12.2. The number of hydrogen-bond acceptors (Lipinski definition) is 3. The molecule has 1 aromatic rings. The molecular weight excluding hydrogens is 316 g/mol. The van der Waals surface area contributed by atoms with Crippen LogP contribution < -0.4 is 16.0 Å². The van der Waals surface area contributed by atoms with E-state index in [1.54, 1.807) is 0 Å². The quantitative estimate of drug-likeness (QED) is 0.704. The van der Waals surface area contributed by atoms with Crippen molar-refractivity contribution < 1.29 is 9.59 Å². The normalized spacial score (nSPS) is 20.7. The lowest BCUT2D eigenvalue weighted by molar-refractivity contribution is -0.120. The molecule has 25 heavy (non-hydrogen) atoms. The molecule has 136 valence electrons. The van der Waals surface area contributed by atoms with Crippen LogP contribution in [0.25, 0.3) is 0 Å². The predicted octanol–water partition coefficient (Wildman–Crippen LogP) is 1.62. The number of carbonyl (C=O) groups excluding carboxylic acids is 2. The van der Waals surface area contributed by atoms with Gasteiger partial charge in [0.25, 0.3) is 0 Å². The standard InChI is InChI=1S/C19H28N4O2/c24-18(13-21-19(25)22-16-9-10-16)20-12-17-8-4-5-11-23(17)14-15-6-2-1-3-7-15/h1-3,6-7,16-17H,4-5,8-14H2,(H,20,24)(H2,21,22,25)/t17-/m0/s1. The monoisotopic (exact) mass is 344 g/mol. The van der Waals surface area contributed by atoms with Crippen LogP contribution in [0.15, 0.2) is 30.3 Å². The average molecular weight is 344 g/mol. The highest BCUT2D eigenvalue weighted by Crippen LogP contribution is 2.19. The fourth-order valence-corrected chi connectivity index (χ4v) is 3.24. The molecule has 1 aliphatic heterocycles. The van der Waals surface area contributed by atoms with Crippen LogP contribution in [0.1, 0.15) is 37.7 Å². The van der Waals surface area contributed by atoms with Gasteiger partial charge in [-0.3, -0.25) is 9.69 Å². The van der Waals surface area contributed by atoms with Gasteiger partial charge in [-0.25, -0.2) is 4.79 Å². The molecule has 0 aromatic heterocycles. The van der Waals surface area contributed by atoms with Gasteiger partial charge < -0.3 is 16.0 Å². The topological polar surface area (TPSA) is 73.5 Å². The third-order valence-electron chi connectivity index (χ3n) is 4.83. The second kappa shape index (κ2) is 8.85. The van der Waals surface area contributed by atoms with Crippen molar-refractivity contribution in [2.75, 3.05) is 19.6 Å². The number of hydrogen-bond donors (Lipinski definition) is 3. The maximum absolute atomic E-state index is 12.0. The lowest BCUT2D eigenvalue weighted by atomic mass is 10.0. The van der Waals surface area contributed by atoms with Gasteiger partial charge in [0.1, 0.15) is 0 Å². The number of likely N-dealkylation sites (tertiary alicyclic amines) is 1. The third kappa shape index (κ3) is 6.05. The molecule has 0 radical (unpaired) electrons. The molecule has 1 aromatic carbocycles. The highest BCUT2D eigenvalue weighted by molar-refractivity contribution is 5.84. The van der Waals surface area contributed by atoms with Crippen molar-refractivity contribution in [1.29, 1.82) is 0 Å². The Bertz CT molecular complexity index is 574. The van der Waals surface area contributed by atoms with E-state index in [1.807, 2.05) is 6.07 Å². The van der Waals surface area contributed by atoms with E-state index in [4.69, 9.17) is 0 Å². The van der Waals surface area contributed by atoms with Crippen LogP contribution in [0.2, 0.25) is 0 Å². The maximum Gasteiger partial charge on any atom is 0.315 e. The molecule has 0 bridgehead atoms. The Balaban J connectivity index is 1.40. The van der Waals surface area contributed by atoms with Crippen LogP contribution in [-0.4, -0.2) is 48.6 Å². The van der Waals surface area contributed by atoms with Gasteiger partial charge in [0, 0.05) is 25.2 Å². The van der Waals surface area contributed by atoms with E-state index in [9.17, 15) is 9.59 Å². The fourth-order valence-electron chi connectivity index (χ4n) is 3.24. The van der Waals surface area contributed by atoms with E-state index in [0.717, 1.165) is 32.4 Å². The van der Waals surface area contributed by atoms with Crippen LogP contribution in [0, 0.1) is 0 Å². The fraction of sp³-hybridized carbons (Fsp3) is 0.579. The summed E-state index contributed by atoms with van der Waals surface area (Å²) in [5.74, 6) is -0.129. The second-order valence-electron chi connectivity index (χ2n) is 7.01. The predicted molar refractivity (Wildman–Crippen MR) is 97.1 cm³/mol. The minimum absolute atomic E-state index is 0.0317. The number of rotatable bonds is 7. The summed E-state index contributed by atoms with van der Waals surface area (Å²) in [6, 6.07) is 10.9. The Hall–Kier alpha value is -2.08. The molecule has 6 nitrogen and oxygen atoms in total. The first-order valence-electron chi connectivity index (χ1n) is 9.30. The van der Waals surface area contributed by atoms with Crippen molar-refractivity contribution in [2.24, 2.45) is 0 Å². The van der Waals surface area contributed by atoms with E-state index < -0.39 is 0 Å². The largest absolute Gasteiger partial charge is 0.353 e. The molecule has 0 spiro atoms. The van der Waals surface area contributed by atoms with Gasteiger partial charge in [0.05, 0.1) is 6.54 Å². The highest BCUT2D eigenvalue weighted by atomic mass is 16.2. The van der Waals surface area contributed by atoms with Crippen LogP contribution >= 0.6 is 0 Å². The van der Waals surface area contributed by atoms with Gasteiger partial charge in [0.2, 0.25) is 5.91 Å². The third-order valence-corrected chi connectivity index (χ3v) is 4.83. The Labute approximate surface area is 149 Å². The van der Waals surface area contributed by atoms with Gasteiger partial charge >= 0.3 is 6.03 Å². The summed E-state index contributed by atoms with van der Waals surface area (Å²) in [5.41, 5.74) is 1.30. The molecule has 0 unspecified atom stereocenters. The lowest BCUT2D eigenvalue weighted by Gasteiger charge is -2.35. The minimum Gasteiger partial charge on any atom is -0.353 e. The van der Waals surface area contributed by atoms with Crippen LogP contribution in [0.4, 0.5) is 4.79 Å². The van der Waals surface area contributed by atoms with E-state index in [-0.39, 0.29) is 18.5 Å². The van der Waals surface area contributed by atoms with Gasteiger partial charge in [-0.05, 0) is 37.8 Å². The second-order valence-corrected chi connectivity index (χ2v) is 7.01. The van der Waals surface area contributed by atoms with E-state index >= 15 is 0 Å². The Kier molecular flexibility index (Phi) is 6.28. The molecule has 2 aliphatic rings. The Morgan fingerprint density at radius 3 is 2.60 bits per heavy atom. The summed E-state index contributed by atoms with van der Waals surface area (Å²) in [6.07, 6.45) is 5.59. The zero-order valence-electron chi connectivity index (χ0n) is 14.7. The van der Waals surface area contributed by atoms with E-state index in [1.165, 1.54) is 18.4 Å². The number of nitrogens with one attached hydrogen (secondary N) is 3. The molecule has 6 heteroatoms. The average Bonchev–Trinajstić information content (AvgIpc) is 3.44. The summed E-state index contributed by atoms with van der Waals surface area (Å²) in [5, 5.41) is 8.40. The smallest absolute Gasteiger partial charge is 0.315 e. The molecule has 1 saturated heterocycles. The number of piperidine rings is 1. The first kappa shape index (κ1) is 17.7. The van der Waals surface area contributed by atoms with E-state index in [0.29, 0.717) is 18.6 Å². The molecule has 1 atom stereocenters. The summed E-state index contributed by atoms with van der Waals surface area (Å²) in [6.45, 7) is 2.66.